The number of unbranched alkanes of at least 4 members (excludes halogenated alkanes) is 2. The summed E-state index contributed by atoms with van der Waals surface area (Å²) in [6, 6.07) is 12.4. The number of carbonyl (C=O) groups excluding carboxylic acids is 1. The Morgan fingerprint density at radius 2 is 1.60 bits per heavy atom. The molecule has 0 saturated carbocycles. The molecule has 2 aromatic rings. The summed E-state index contributed by atoms with van der Waals surface area (Å²) in [5.74, 6) is 1.86. The molecule has 4 N–H and O–H groups in total. The smallest absolute Gasteiger partial charge is 0.251 e. The predicted molar refractivity (Wildman–Crippen MR) is 121 cm³/mol. The Morgan fingerprint density at radius 1 is 0.967 bits per heavy atom. The van der Waals surface area contributed by atoms with Gasteiger partial charge in [0.2, 0.25) is 0 Å². The second-order valence-electron chi connectivity index (χ2n) is 6.42. The number of amides is 1. The molecule has 0 radical (unpaired) electrons. The summed E-state index contributed by atoms with van der Waals surface area (Å²) in [7, 11) is 1.56. The zero-order chi connectivity index (χ0) is 21.1. The highest BCUT2D eigenvalue weighted by Gasteiger charge is 2.10. The molecule has 2 rings (SSSR count). The van der Waals surface area contributed by atoms with Gasteiger partial charge in [-0.15, -0.1) is 12.4 Å². The van der Waals surface area contributed by atoms with Crippen molar-refractivity contribution >= 4 is 24.1 Å². The minimum atomic E-state index is -0.131. The van der Waals surface area contributed by atoms with Gasteiger partial charge in [0.1, 0.15) is 11.6 Å². The molecule has 0 aliphatic rings. The lowest BCUT2D eigenvalue weighted by Gasteiger charge is -2.12. The molecule has 2 aromatic carbocycles. The van der Waals surface area contributed by atoms with E-state index in [-0.39, 0.29) is 24.1 Å². The number of ether oxygens (including phenoxy) is 3. The van der Waals surface area contributed by atoms with Crippen LogP contribution in [0.1, 0.15) is 42.1 Å². The first-order valence-electron chi connectivity index (χ1n) is 9.71. The van der Waals surface area contributed by atoms with Crippen LogP contribution in [0.25, 0.3) is 0 Å². The Bertz CT molecular complexity index is 813. The molecular weight excluding hydrogens is 406 g/mol. The lowest BCUT2D eigenvalue weighted by atomic mass is 10.2. The average molecular weight is 436 g/mol. The first-order chi connectivity index (χ1) is 14.0. The van der Waals surface area contributed by atoms with Crippen LogP contribution in [0.15, 0.2) is 42.5 Å². The second kappa shape index (κ2) is 13.3. The van der Waals surface area contributed by atoms with Gasteiger partial charge >= 0.3 is 0 Å². The van der Waals surface area contributed by atoms with Crippen molar-refractivity contribution in [2.45, 2.75) is 26.2 Å². The van der Waals surface area contributed by atoms with Gasteiger partial charge in [0, 0.05) is 17.7 Å². The van der Waals surface area contributed by atoms with Crippen molar-refractivity contribution in [2.24, 2.45) is 5.73 Å². The van der Waals surface area contributed by atoms with E-state index < -0.39 is 0 Å². The number of nitrogens with two attached hydrogens (primary N) is 1. The van der Waals surface area contributed by atoms with Gasteiger partial charge in [-0.05, 0) is 68.7 Å². The molecule has 0 aliphatic carbocycles. The lowest BCUT2D eigenvalue weighted by molar-refractivity contribution is 0.0955. The third-order valence-corrected chi connectivity index (χ3v) is 4.24. The zero-order valence-corrected chi connectivity index (χ0v) is 18.2. The highest BCUT2D eigenvalue weighted by atomic mass is 35.5. The molecule has 30 heavy (non-hydrogen) atoms. The predicted octanol–water partition coefficient (Wildman–Crippen LogP) is 3.78. The Morgan fingerprint density at radius 3 is 2.20 bits per heavy atom. The summed E-state index contributed by atoms with van der Waals surface area (Å²) in [4.78, 5) is 11.9. The van der Waals surface area contributed by atoms with E-state index in [1.807, 2.05) is 19.1 Å². The first kappa shape index (κ1) is 25.1. The highest BCUT2D eigenvalue weighted by molar-refractivity contribution is 5.95. The molecule has 8 heteroatoms. The van der Waals surface area contributed by atoms with Crippen molar-refractivity contribution in [3.63, 3.8) is 0 Å². The number of benzene rings is 2. The Hall–Kier alpha value is -2.93. The number of nitrogen functional groups attached to an aromatic ring is 1. The van der Waals surface area contributed by atoms with Crippen LogP contribution in [-0.4, -0.2) is 38.6 Å². The fourth-order valence-corrected chi connectivity index (χ4v) is 2.67. The number of hydrogen-bond donors (Lipinski definition) is 3. The number of methoxy groups -OCH3 is 1. The maximum Gasteiger partial charge on any atom is 0.251 e. The third kappa shape index (κ3) is 7.83. The van der Waals surface area contributed by atoms with E-state index in [1.165, 1.54) is 0 Å². The fraction of sp³-hybridized carbons (Fsp3) is 0.364. The van der Waals surface area contributed by atoms with Crippen LogP contribution in [0.5, 0.6) is 17.2 Å². The Balaban J connectivity index is 0.00000450. The maximum absolute atomic E-state index is 11.9. The SMILES string of the molecule is CCNC(=O)c1ccc(OCCCCCOc2ccc(C(=N)N)cc2)c(OC)c1.Cl. The molecule has 164 valence electrons. The fourth-order valence-electron chi connectivity index (χ4n) is 2.67. The number of halogens is 1. The van der Waals surface area contributed by atoms with Crippen molar-refractivity contribution in [2.75, 3.05) is 26.9 Å². The average Bonchev–Trinajstić information content (AvgIpc) is 2.73. The molecule has 0 heterocycles. The molecule has 1 amide bonds. The van der Waals surface area contributed by atoms with Crippen LogP contribution in [-0.2, 0) is 0 Å². The topological polar surface area (TPSA) is 107 Å². The quantitative estimate of drug-likeness (QED) is 0.267. The van der Waals surface area contributed by atoms with Crippen molar-refractivity contribution in [1.29, 1.82) is 5.41 Å². The normalized spacial score (nSPS) is 9.93. The van der Waals surface area contributed by atoms with E-state index in [9.17, 15) is 4.79 Å². The van der Waals surface area contributed by atoms with E-state index in [0.29, 0.717) is 42.4 Å². The number of amidine groups is 1. The second-order valence-corrected chi connectivity index (χ2v) is 6.42. The van der Waals surface area contributed by atoms with Crippen LogP contribution in [0.3, 0.4) is 0 Å². The van der Waals surface area contributed by atoms with Gasteiger partial charge in [0.25, 0.3) is 5.91 Å². The van der Waals surface area contributed by atoms with Gasteiger partial charge < -0.3 is 25.3 Å². The van der Waals surface area contributed by atoms with Crippen LogP contribution >= 0.6 is 12.4 Å². The van der Waals surface area contributed by atoms with E-state index in [1.54, 1.807) is 37.4 Å². The minimum Gasteiger partial charge on any atom is -0.494 e. The summed E-state index contributed by atoms with van der Waals surface area (Å²) >= 11 is 0. The molecule has 0 unspecified atom stereocenters. The molecule has 0 atom stereocenters. The number of nitrogens with one attached hydrogen (secondary N) is 2. The van der Waals surface area contributed by atoms with Crippen molar-refractivity contribution < 1.29 is 19.0 Å². The van der Waals surface area contributed by atoms with Gasteiger partial charge in [-0.2, -0.15) is 0 Å². The monoisotopic (exact) mass is 435 g/mol. The summed E-state index contributed by atoms with van der Waals surface area (Å²) in [6.45, 7) is 3.63. The van der Waals surface area contributed by atoms with Gasteiger partial charge in [0.15, 0.2) is 11.5 Å². The van der Waals surface area contributed by atoms with E-state index in [0.717, 1.165) is 25.0 Å². The number of hydrogen-bond acceptors (Lipinski definition) is 5. The highest BCUT2D eigenvalue weighted by Crippen LogP contribution is 2.28. The van der Waals surface area contributed by atoms with E-state index >= 15 is 0 Å². The Labute approximate surface area is 183 Å². The van der Waals surface area contributed by atoms with Crippen molar-refractivity contribution in [3.05, 3.63) is 53.6 Å². The van der Waals surface area contributed by atoms with E-state index in [4.69, 9.17) is 25.4 Å². The molecule has 0 spiro atoms. The molecule has 0 aromatic heterocycles. The summed E-state index contributed by atoms with van der Waals surface area (Å²) < 4.78 is 16.8. The lowest BCUT2D eigenvalue weighted by Crippen LogP contribution is -2.22. The van der Waals surface area contributed by atoms with E-state index in [2.05, 4.69) is 5.32 Å². The summed E-state index contributed by atoms with van der Waals surface area (Å²) in [5.41, 5.74) is 6.66. The van der Waals surface area contributed by atoms with Gasteiger partial charge in [-0.1, -0.05) is 0 Å². The first-order valence-corrected chi connectivity index (χ1v) is 9.71. The van der Waals surface area contributed by atoms with Crippen LogP contribution in [0.4, 0.5) is 0 Å². The zero-order valence-electron chi connectivity index (χ0n) is 17.4. The molecule has 0 bridgehead atoms. The van der Waals surface area contributed by atoms with Crippen LogP contribution < -0.4 is 25.3 Å². The summed E-state index contributed by atoms with van der Waals surface area (Å²) in [5, 5.41) is 10.1. The van der Waals surface area contributed by atoms with Crippen LogP contribution in [0, 0.1) is 5.41 Å². The third-order valence-electron chi connectivity index (χ3n) is 4.24. The number of carbonyl (C=O) groups is 1. The van der Waals surface area contributed by atoms with Crippen LogP contribution in [0.2, 0.25) is 0 Å². The molecule has 7 nitrogen and oxygen atoms in total. The maximum atomic E-state index is 11.9. The molecule has 0 aliphatic heterocycles. The van der Waals surface area contributed by atoms with Gasteiger partial charge in [-0.25, -0.2) is 0 Å². The molecule has 0 fully saturated rings. The molecular formula is C22H30ClN3O4. The summed E-state index contributed by atoms with van der Waals surface area (Å²) in [6.07, 6.45) is 2.75. The largest absolute Gasteiger partial charge is 0.494 e. The van der Waals surface area contributed by atoms with Crippen molar-refractivity contribution in [3.8, 4) is 17.2 Å². The standard InChI is InChI=1S/C22H29N3O4.ClH/c1-3-25-22(26)17-9-12-19(20(15-17)27-2)29-14-6-4-5-13-28-18-10-7-16(8-11-18)21(23)24;/h7-12,15H,3-6,13-14H2,1-2H3,(H3,23,24)(H,25,26);1H. The minimum absolute atomic E-state index is 0. The molecule has 0 saturated heterocycles. The van der Waals surface area contributed by atoms with Gasteiger partial charge in [-0.3, -0.25) is 10.2 Å². The number of rotatable bonds is 12. The Kier molecular flexibility index (Phi) is 11.1. The van der Waals surface area contributed by atoms with Crippen molar-refractivity contribution in [1.82, 2.24) is 5.32 Å². The van der Waals surface area contributed by atoms with Gasteiger partial charge in [0.05, 0.1) is 20.3 Å².